The van der Waals surface area contributed by atoms with Crippen LogP contribution in [0.15, 0.2) is 35.9 Å². The topological polar surface area (TPSA) is 153 Å². The molecule has 1 aliphatic rings. The predicted octanol–water partition coefficient (Wildman–Crippen LogP) is 3.74. The summed E-state index contributed by atoms with van der Waals surface area (Å²) in [4.78, 5) is 31.5. The van der Waals surface area contributed by atoms with E-state index in [1.165, 1.54) is 25.1 Å². The van der Waals surface area contributed by atoms with Gasteiger partial charge in [-0.3, -0.25) is 30.3 Å². The van der Waals surface area contributed by atoms with Crippen molar-refractivity contribution in [2.24, 2.45) is 0 Å². The first-order valence-corrected chi connectivity index (χ1v) is 7.13. The Balaban J connectivity index is 2.49. The van der Waals surface area contributed by atoms with Gasteiger partial charge in [0, 0.05) is 34.9 Å². The molecule has 0 radical (unpaired) electrons. The molecule has 0 unspecified atom stereocenters. The van der Waals surface area contributed by atoms with Crippen molar-refractivity contribution < 1.29 is 14.8 Å². The number of rotatable bonds is 3. The number of hydrogen-bond donors (Lipinski definition) is 0. The molecule has 0 fully saturated rings. The summed E-state index contributed by atoms with van der Waals surface area (Å²) in [5, 5.41) is 42.9. The van der Waals surface area contributed by atoms with E-state index in [0.29, 0.717) is 5.56 Å². The number of fused-ring (bicyclic) bond motifs is 3. The van der Waals surface area contributed by atoms with E-state index >= 15 is 0 Å². The molecule has 0 aromatic heterocycles. The fourth-order valence-corrected chi connectivity index (χ4v) is 3.02. The molecule has 26 heavy (non-hydrogen) atoms. The molecule has 0 aliphatic heterocycles. The standard InChI is InChI=1S/C16H8N4O6/c1-8(7-17)15-12-4-9(18(21)22)2-3-11(12)16-13(15)5-10(19(23)24)6-14(16)20(25)26/h2-6H,1H3/b15-8-. The van der Waals surface area contributed by atoms with E-state index in [1.807, 2.05) is 6.07 Å². The molecule has 0 heterocycles. The monoisotopic (exact) mass is 352 g/mol. The molecule has 0 bridgehead atoms. The first kappa shape index (κ1) is 16.7. The van der Waals surface area contributed by atoms with E-state index < -0.39 is 26.1 Å². The third-order valence-corrected chi connectivity index (χ3v) is 4.07. The maximum absolute atomic E-state index is 11.5. The van der Waals surface area contributed by atoms with E-state index in [1.54, 1.807) is 0 Å². The zero-order valence-electron chi connectivity index (χ0n) is 13.1. The summed E-state index contributed by atoms with van der Waals surface area (Å²) < 4.78 is 0. The number of allylic oxidation sites excluding steroid dienone is 1. The van der Waals surface area contributed by atoms with Gasteiger partial charge in [-0.2, -0.15) is 5.26 Å². The molecule has 3 rings (SSSR count). The van der Waals surface area contributed by atoms with Crippen molar-refractivity contribution in [2.45, 2.75) is 6.92 Å². The SMILES string of the molecule is C/C(C#N)=C1\c2cc([N+](=O)[O-])ccc2-c2c1cc([N+](=O)[O-])cc2[N+](=O)[O-]. The first-order valence-electron chi connectivity index (χ1n) is 7.13. The van der Waals surface area contributed by atoms with Gasteiger partial charge in [0.15, 0.2) is 0 Å². The molecule has 0 spiro atoms. The Morgan fingerprint density at radius 3 is 2.04 bits per heavy atom. The second-order valence-corrected chi connectivity index (χ2v) is 5.50. The third-order valence-electron chi connectivity index (χ3n) is 4.07. The highest BCUT2D eigenvalue weighted by Gasteiger charge is 2.35. The summed E-state index contributed by atoms with van der Waals surface area (Å²) in [5.41, 5.74) is -0.0690. The molecule has 0 amide bonds. The van der Waals surface area contributed by atoms with Crippen LogP contribution >= 0.6 is 0 Å². The fourth-order valence-electron chi connectivity index (χ4n) is 3.02. The zero-order valence-corrected chi connectivity index (χ0v) is 13.1. The Bertz CT molecular complexity index is 1100. The number of nitriles is 1. The number of hydrogen-bond acceptors (Lipinski definition) is 7. The van der Waals surface area contributed by atoms with E-state index in [-0.39, 0.29) is 33.5 Å². The summed E-state index contributed by atoms with van der Waals surface area (Å²) in [6.07, 6.45) is 0. The van der Waals surface area contributed by atoms with Crippen LogP contribution in [-0.2, 0) is 0 Å². The molecule has 0 saturated carbocycles. The van der Waals surface area contributed by atoms with Gasteiger partial charge < -0.3 is 0 Å². The Hall–Kier alpha value is -4.13. The second kappa shape index (κ2) is 5.75. The molecular formula is C16H8N4O6. The quantitative estimate of drug-likeness (QED) is 0.395. The largest absolute Gasteiger partial charge is 0.284 e. The normalized spacial score (nSPS) is 13.4. The highest BCUT2D eigenvalue weighted by atomic mass is 16.6. The maximum Gasteiger partial charge on any atom is 0.284 e. The average Bonchev–Trinajstić information content (AvgIpc) is 2.93. The summed E-state index contributed by atoms with van der Waals surface area (Å²) in [6, 6.07) is 7.64. The third kappa shape index (κ3) is 2.35. The highest BCUT2D eigenvalue weighted by Crippen LogP contribution is 2.51. The lowest BCUT2D eigenvalue weighted by molar-refractivity contribution is -0.393. The fraction of sp³-hybridized carbons (Fsp3) is 0.0625. The van der Waals surface area contributed by atoms with Crippen molar-refractivity contribution in [3.05, 3.63) is 77.4 Å². The van der Waals surface area contributed by atoms with Gasteiger partial charge in [-0.1, -0.05) is 0 Å². The molecule has 2 aromatic rings. The van der Waals surface area contributed by atoms with Gasteiger partial charge in [0.2, 0.25) is 0 Å². The van der Waals surface area contributed by atoms with Crippen molar-refractivity contribution in [3.63, 3.8) is 0 Å². The molecule has 10 nitrogen and oxygen atoms in total. The smallest absolute Gasteiger partial charge is 0.258 e. The second-order valence-electron chi connectivity index (χ2n) is 5.50. The summed E-state index contributed by atoms with van der Waals surface area (Å²) >= 11 is 0. The number of non-ortho nitro benzene ring substituents is 2. The molecule has 0 atom stereocenters. The van der Waals surface area contributed by atoms with Gasteiger partial charge in [0.1, 0.15) is 0 Å². The molecule has 10 heteroatoms. The van der Waals surface area contributed by atoms with Crippen molar-refractivity contribution in [2.75, 3.05) is 0 Å². The van der Waals surface area contributed by atoms with Gasteiger partial charge in [-0.25, -0.2) is 0 Å². The maximum atomic E-state index is 11.5. The number of nitrogens with zero attached hydrogens (tertiary/aromatic N) is 4. The van der Waals surface area contributed by atoms with E-state index in [2.05, 4.69) is 0 Å². The summed E-state index contributed by atoms with van der Waals surface area (Å²) in [5.74, 6) is 0. The van der Waals surface area contributed by atoms with Crippen LogP contribution in [0.3, 0.4) is 0 Å². The van der Waals surface area contributed by atoms with Gasteiger partial charge in [-0.05, 0) is 24.1 Å². The Kier molecular flexibility index (Phi) is 3.69. The zero-order chi connectivity index (χ0) is 19.2. The molecule has 0 saturated heterocycles. The molecular weight excluding hydrogens is 344 g/mol. The van der Waals surface area contributed by atoms with E-state index in [9.17, 15) is 35.6 Å². The van der Waals surface area contributed by atoms with Crippen LogP contribution in [-0.4, -0.2) is 14.8 Å². The first-order chi connectivity index (χ1) is 12.3. The molecule has 2 aromatic carbocycles. The van der Waals surface area contributed by atoms with Crippen molar-refractivity contribution in [3.8, 4) is 17.2 Å². The lowest BCUT2D eigenvalue weighted by atomic mass is 9.98. The van der Waals surface area contributed by atoms with Crippen LogP contribution in [0.1, 0.15) is 18.1 Å². The number of benzene rings is 2. The van der Waals surface area contributed by atoms with Crippen LogP contribution < -0.4 is 0 Å². The summed E-state index contributed by atoms with van der Waals surface area (Å²) in [6.45, 7) is 1.44. The van der Waals surface area contributed by atoms with Gasteiger partial charge in [-0.15, -0.1) is 0 Å². The van der Waals surface area contributed by atoms with Crippen LogP contribution in [0.25, 0.3) is 16.7 Å². The van der Waals surface area contributed by atoms with Gasteiger partial charge >= 0.3 is 0 Å². The Labute approximate surface area is 145 Å². The van der Waals surface area contributed by atoms with Crippen LogP contribution in [0.4, 0.5) is 17.1 Å². The van der Waals surface area contributed by atoms with Crippen LogP contribution in [0, 0.1) is 41.7 Å². The number of nitro groups is 3. The summed E-state index contributed by atoms with van der Waals surface area (Å²) in [7, 11) is 0. The highest BCUT2D eigenvalue weighted by molar-refractivity contribution is 6.06. The van der Waals surface area contributed by atoms with Gasteiger partial charge in [0.05, 0.1) is 32.5 Å². The minimum absolute atomic E-state index is 0.107. The lowest BCUT2D eigenvalue weighted by Crippen LogP contribution is -1.97. The van der Waals surface area contributed by atoms with E-state index in [0.717, 1.165) is 12.1 Å². The lowest BCUT2D eigenvalue weighted by Gasteiger charge is -2.04. The number of nitro benzene ring substituents is 3. The van der Waals surface area contributed by atoms with Crippen molar-refractivity contribution in [1.29, 1.82) is 5.26 Å². The van der Waals surface area contributed by atoms with Crippen LogP contribution in [0.2, 0.25) is 0 Å². The van der Waals surface area contributed by atoms with Crippen LogP contribution in [0.5, 0.6) is 0 Å². The minimum Gasteiger partial charge on any atom is -0.258 e. The predicted molar refractivity (Wildman–Crippen MR) is 89.2 cm³/mol. The van der Waals surface area contributed by atoms with Crippen molar-refractivity contribution >= 4 is 22.6 Å². The minimum atomic E-state index is -0.766. The Morgan fingerprint density at radius 2 is 1.50 bits per heavy atom. The Morgan fingerprint density at radius 1 is 0.885 bits per heavy atom. The van der Waals surface area contributed by atoms with Gasteiger partial charge in [0.25, 0.3) is 17.1 Å². The molecule has 1 aliphatic carbocycles. The van der Waals surface area contributed by atoms with Crippen molar-refractivity contribution in [1.82, 2.24) is 0 Å². The average molecular weight is 352 g/mol. The van der Waals surface area contributed by atoms with E-state index in [4.69, 9.17) is 0 Å². The molecule has 128 valence electrons. The molecule has 0 N–H and O–H groups in total.